The quantitative estimate of drug-likeness (QED) is 0.414. The van der Waals surface area contributed by atoms with Gasteiger partial charge in [0.15, 0.2) is 0 Å². The molecule has 3 fully saturated rings. The molecule has 5 atom stereocenters. The van der Waals surface area contributed by atoms with Gasteiger partial charge in [0.2, 0.25) is 5.91 Å². The maximum absolute atomic E-state index is 12.1. The van der Waals surface area contributed by atoms with E-state index < -0.39 is 0 Å². The number of nitrogens with zero attached hydrogens (tertiary/aromatic N) is 1. The first-order valence-electron chi connectivity index (χ1n) is 12.1. The SMILES string of the molecule is CCCCC[C@H](O)C=C[C@@H]1[C@H]2CC(=CCCCC(=O)N3CCCC3)C[C@H]2C[C@H]1O. The highest BCUT2D eigenvalue weighted by Crippen LogP contribution is 2.50. The lowest BCUT2D eigenvalue weighted by atomic mass is 9.90. The van der Waals surface area contributed by atoms with Gasteiger partial charge in [0.25, 0.3) is 0 Å². The monoisotopic (exact) mass is 403 g/mol. The molecule has 1 aliphatic heterocycles. The molecule has 0 spiro atoms. The van der Waals surface area contributed by atoms with Gasteiger partial charge >= 0.3 is 0 Å². The second kappa shape index (κ2) is 11.3. The highest BCUT2D eigenvalue weighted by atomic mass is 16.3. The van der Waals surface area contributed by atoms with Gasteiger partial charge in [-0.05, 0) is 63.2 Å². The van der Waals surface area contributed by atoms with Crippen molar-refractivity contribution in [3.8, 4) is 0 Å². The molecule has 2 aliphatic carbocycles. The van der Waals surface area contributed by atoms with Crippen LogP contribution < -0.4 is 0 Å². The molecule has 0 bridgehead atoms. The minimum Gasteiger partial charge on any atom is -0.392 e. The van der Waals surface area contributed by atoms with Crippen molar-refractivity contribution in [1.29, 1.82) is 0 Å². The Balaban J connectivity index is 1.42. The molecule has 4 nitrogen and oxygen atoms in total. The average molecular weight is 404 g/mol. The van der Waals surface area contributed by atoms with Gasteiger partial charge in [-0.1, -0.05) is 50.0 Å². The van der Waals surface area contributed by atoms with Gasteiger partial charge in [-0.15, -0.1) is 0 Å². The van der Waals surface area contributed by atoms with E-state index in [2.05, 4.69) is 19.1 Å². The third kappa shape index (κ3) is 6.42. The summed E-state index contributed by atoms with van der Waals surface area (Å²) in [5.74, 6) is 1.61. The molecule has 3 rings (SSSR count). The van der Waals surface area contributed by atoms with Crippen molar-refractivity contribution in [3.63, 3.8) is 0 Å². The molecule has 2 saturated carbocycles. The summed E-state index contributed by atoms with van der Waals surface area (Å²) >= 11 is 0. The smallest absolute Gasteiger partial charge is 0.222 e. The Morgan fingerprint density at radius 3 is 2.76 bits per heavy atom. The summed E-state index contributed by atoms with van der Waals surface area (Å²) in [6, 6.07) is 0. The van der Waals surface area contributed by atoms with Gasteiger partial charge < -0.3 is 15.1 Å². The summed E-state index contributed by atoms with van der Waals surface area (Å²) in [5.41, 5.74) is 1.52. The second-order valence-corrected chi connectivity index (χ2v) is 9.50. The van der Waals surface area contributed by atoms with Crippen LogP contribution in [0.15, 0.2) is 23.8 Å². The van der Waals surface area contributed by atoms with Crippen molar-refractivity contribution < 1.29 is 15.0 Å². The van der Waals surface area contributed by atoms with E-state index in [1.54, 1.807) is 0 Å². The predicted molar refractivity (Wildman–Crippen MR) is 117 cm³/mol. The summed E-state index contributed by atoms with van der Waals surface area (Å²) in [5, 5.41) is 20.7. The molecule has 0 aromatic carbocycles. The molecule has 2 N–H and O–H groups in total. The molecule has 164 valence electrons. The zero-order chi connectivity index (χ0) is 20.6. The van der Waals surface area contributed by atoms with E-state index in [-0.39, 0.29) is 18.1 Å². The van der Waals surface area contributed by atoms with Crippen molar-refractivity contribution in [1.82, 2.24) is 4.90 Å². The van der Waals surface area contributed by atoms with Crippen LogP contribution in [0.25, 0.3) is 0 Å². The van der Waals surface area contributed by atoms with Crippen LogP contribution in [0.5, 0.6) is 0 Å². The fourth-order valence-corrected chi connectivity index (χ4v) is 5.58. The first-order valence-corrected chi connectivity index (χ1v) is 12.1. The Bertz CT molecular complexity index is 579. The summed E-state index contributed by atoms with van der Waals surface area (Å²) in [7, 11) is 0. The fraction of sp³-hybridized carbons (Fsp3) is 0.800. The van der Waals surface area contributed by atoms with Crippen LogP contribution in [0.3, 0.4) is 0 Å². The van der Waals surface area contributed by atoms with Crippen LogP contribution in [-0.4, -0.2) is 46.3 Å². The lowest BCUT2D eigenvalue weighted by Gasteiger charge is -2.18. The molecule has 1 heterocycles. The molecular weight excluding hydrogens is 362 g/mol. The largest absolute Gasteiger partial charge is 0.392 e. The van der Waals surface area contributed by atoms with Gasteiger partial charge in [-0.3, -0.25) is 4.79 Å². The molecule has 0 aromatic rings. The number of carbonyl (C=O) groups is 1. The van der Waals surface area contributed by atoms with Gasteiger partial charge in [0, 0.05) is 25.4 Å². The number of hydrogen-bond acceptors (Lipinski definition) is 3. The number of fused-ring (bicyclic) bond motifs is 1. The second-order valence-electron chi connectivity index (χ2n) is 9.50. The highest BCUT2D eigenvalue weighted by molar-refractivity contribution is 5.76. The van der Waals surface area contributed by atoms with Crippen molar-refractivity contribution in [2.75, 3.05) is 13.1 Å². The summed E-state index contributed by atoms with van der Waals surface area (Å²) in [6.45, 7) is 4.08. The Labute approximate surface area is 177 Å². The minimum absolute atomic E-state index is 0.184. The van der Waals surface area contributed by atoms with Gasteiger partial charge in [-0.25, -0.2) is 0 Å². The maximum Gasteiger partial charge on any atom is 0.222 e. The van der Waals surface area contributed by atoms with Crippen LogP contribution in [-0.2, 0) is 4.79 Å². The lowest BCUT2D eigenvalue weighted by molar-refractivity contribution is -0.130. The first-order chi connectivity index (χ1) is 14.1. The van der Waals surface area contributed by atoms with E-state index in [0.717, 1.165) is 70.9 Å². The van der Waals surface area contributed by atoms with Crippen LogP contribution in [0.2, 0.25) is 0 Å². The van der Waals surface area contributed by atoms with E-state index in [4.69, 9.17) is 0 Å². The molecule has 1 saturated heterocycles. The number of hydrogen-bond donors (Lipinski definition) is 2. The van der Waals surface area contributed by atoms with Crippen LogP contribution in [0, 0.1) is 17.8 Å². The Hall–Kier alpha value is -1.13. The van der Waals surface area contributed by atoms with E-state index in [9.17, 15) is 15.0 Å². The Morgan fingerprint density at radius 1 is 1.21 bits per heavy atom. The van der Waals surface area contributed by atoms with Crippen molar-refractivity contribution in [3.05, 3.63) is 23.8 Å². The highest BCUT2D eigenvalue weighted by Gasteiger charge is 2.44. The zero-order valence-corrected chi connectivity index (χ0v) is 18.3. The topological polar surface area (TPSA) is 60.8 Å². The van der Waals surface area contributed by atoms with E-state index in [1.165, 1.54) is 18.4 Å². The number of amides is 1. The fourth-order valence-electron chi connectivity index (χ4n) is 5.58. The van der Waals surface area contributed by atoms with Gasteiger partial charge in [-0.2, -0.15) is 0 Å². The molecule has 1 amide bonds. The normalized spacial score (nSPS) is 31.8. The Kier molecular flexibility index (Phi) is 8.80. The summed E-state index contributed by atoms with van der Waals surface area (Å²) < 4.78 is 0. The van der Waals surface area contributed by atoms with Crippen molar-refractivity contribution in [2.45, 2.75) is 96.2 Å². The average Bonchev–Trinajstić information content (AvgIpc) is 3.41. The van der Waals surface area contributed by atoms with E-state index in [0.29, 0.717) is 24.2 Å². The van der Waals surface area contributed by atoms with Gasteiger partial charge in [0.1, 0.15) is 0 Å². The maximum atomic E-state index is 12.1. The minimum atomic E-state index is -0.377. The number of rotatable bonds is 10. The zero-order valence-electron chi connectivity index (χ0n) is 18.3. The molecule has 3 aliphatic rings. The summed E-state index contributed by atoms with van der Waals surface area (Å²) in [4.78, 5) is 14.2. The number of aliphatic hydroxyl groups is 2. The standard InChI is InChI=1S/C25H41NO3/c1-2-3-4-10-21(27)12-13-22-23-17-19(16-20(23)18-24(22)28)9-5-6-11-25(29)26-14-7-8-15-26/h9,12-13,20-24,27-28H,2-8,10-11,14-18H2,1H3/t20-,21-,22+,23-,24+/m0/s1. The third-order valence-corrected chi connectivity index (χ3v) is 7.26. The molecule has 4 heteroatoms. The third-order valence-electron chi connectivity index (χ3n) is 7.26. The van der Waals surface area contributed by atoms with Crippen molar-refractivity contribution >= 4 is 5.91 Å². The van der Waals surface area contributed by atoms with Crippen molar-refractivity contribution in [2.24, 2.45) is 17.8 Å². The van der Waals surface area contributed by atoms with E-state index in [1.807, 2.05) is 11.0 Å². The number of carbonyl (C=O) groups excluding carboxylic acids is 1. The molecule has 0 radical (unpaired) electrons. The number of aliphatic hydroxyl groups excluding tert-OH is 2. The van der Waals surface area contributed by atoms with Gasteiger partial charge in [0.05, 0.1) is 12.2 Å². The van der Waals surface area contributed by atoms with Crippen LogP contribution in [0.1, 0.15) is 84.0 Å². The number of unbranched alkanes of at least 4 members (excludes halogenated alkanes) is 3. The first kappa shape index (κ1) is 22.6. The molecule has 29 heavy (non-hydrogen) atoms. The molecular formula is C25H41NO3. The number of likely N-dealkylation sites (tertiary alicyclic amines) is 1. The summed E-state index contributed by atoms with van der Waals surface area (Å²) in [6.07, 6.45) is 18.0. The lowest BCUT2D eigenvalue weighted by Crippen LogP contribution is -2.27. The molecule has 0 unspecified atom stereocenters. The molecule has 0 aromatic heterocycles. The van der Waals surface area contributed by atoms with Crippen LogP contribution in [0.4, 0.5) is 0 Å². The van der Waals surface area contributed by atoms with E-state index >= 15 is 0 Å². The predicted octanol–water partition coefficient (Wildman–Crippen LogP) is 4.61. The Morgan fingerprint density at radius 2 is 2.00 bits per heavy atom. The van der Waals surface area contributed by atoms with Crippen LogP contribution >= 0.6 is 0 Å². The number of allylic oxidation sites excluding steroid dienone is 2.